The van der Waals surface area contributed by atoms with Crippen molar-refractivity contribution in [1.82, 2.24) is 4.98 Å². The fraction of sp³-hybridized carbons (Fsp3) is 0.375. The molecule has 0 radical (unpaired) electrons. The van der Waals surface area contributed by atoms with E-state index in [0.29, 0.717) is 0 Å². The summed E-state index contributed by atoms with van der Waals surface area (Å²) in [6.07, 6.45) is -2.71. The Balaban J connectivity index is 3.30. The SMILES string of the molecule is COc1cc(F)nc(C)c1C(F)F. The fourth-order valence-electron chi connectivity index (χ4n) is 1.05. The monoisotopic (exact) mass is 191 g/mol. The highest BCUT2D eigenvalue weighted by atomic mass is 19.3. The van der Waals surface area contributed by atoms with Crippen LogP contribution in [0.15, 0.2) is 6.07 Å². The van der Waals surface area contributed by atoms with E-state index in [-0.39, 0.29) is 17.0 Å². The van der Waals surface area contributed by atoms with Crippen LogP contribution in [-0.2, 0) is 0 Å². The molecule has 0 aromatic carbocycles. The number of pyridine rings is 1. The van der Waals surface area contributed by atoms with Gasteiger partial charge in [-0.1, -0.05) is 0 Å². The summed E-state index contributed by atoms with van der Waals surface area (Å²) in [5, 5.41) is 0. The summed E-state index contributed by atoms with van der Waals surface area (Å²) in [5.41, 5.74) is -0.407. The number of nitrogens with zero attached hydrogens (tertiary/aromatic N) is 1. The van der Waals surface area contributed by atoms with Crippen LogP contribution in [0.4, 0.5) is 13.2 Å². The van der Waals surface area contributed by atoms with Crippen molar-refractivity contribution in [2.75, 3.05) is 7.11 Å². The summed E-state index contributed by atoms with van der Waals surface area (Å²) < 4.78 is 42.0. The first-order valence-corrected chi connectivity index (χ1v) is 3.55. The maximum atomic E-state index is 12.6. The summed E-state index contributed by atoms with van der Waals surface area (Å²) in [6, 6.07) is 0.842. The third-order valence-electron chi connectivity index (χ3n) is 1.62. The number of hydrogen-bond donors (Lipinski definition) is 0. The zero-order valence-corrected chi connectivity index (χ0v) is 7.14. The lowest BCUT2D eigenvalue weighted by Crippen LogP contribution is -2.00. The number of methoxy groups -OCH3 is 1. The molecule has 0 aliphatic heterocycles. The molecule has 0 aliphatic carbocycles. The Labute approximate surface area is 73.4 Å². The lowest BCUT2D eigenvalue weighted by Gasteiger charge is -2.09. The summed E-state index contributed by atoms with van der Waals surface area (Å²) in [5.74, 6) is -0.987. The zero-order chi connectivity index (χ0) is 10.0. The van der Waals surface area contributed by atoms with Gasteiger partial charge in [0.05, 0.1) is 18.4 Å². The molecule has 0 amide bonds. The molecule has 0 fully saturated rings. The van der Waals surface area contributed by atoms with Crippen LogP contribution in [0.2, 0.25) is 0 Å². The lowest BCUT2D eigenvalue weighted by atomic mass is 10.2. The summed E-state index contributed by atoms with van der Waals surface area (Å²) in [4.78, 5) is 3.28. The molecule has 5 heteroatoms. The third kappa shape index (κ3) is 1.91. The lowest BCUT2D eigenvalue weighted by molar-refractivity contribution is 0.145. The van der Waals surface area contributed by atoms with Crippen molar-refractivity contribution in [1.29, 1.82) is 0 Å². The zero-order valence-electron chi connectivity index (χ0n) is 7.14. The molecule has 1 aromatic rings. The predicted octanol–water partition coefficient (Wildman–Crippen LogP) is 2.48. The van der Waals surface area contributed by atoms with Crippen LogP contribution >= 0.6 is 0 Å². The average Bonchev–Trinajstić information content (AvgIpc) is 2.01. The van der Waals surface area contributed by atoms with E-state index in [9.17, 15) is 13.2 Å². The minimum absolute atomic E-state index is 0.0492. The van der Waals surface area contributed by atoms with Crippen LogP contribution in [0.3, 0.4) is 0 Å². The van der Waals surface area contributed by atoms with E-state index in [2.05, 4.69) is 9.72 Å². The van der Waals surface area contributed by atoms with Crippen molar-refractivity contribution in [2.45, 2.75) is 13.3 Å². The second-order valence-corrected chi connectivity index (χ2v) is 2.45. The Hall–Kier alpha value is -1.26. The van der Waals surface area contributed by atoms with Gasteiger partial charge in [-0.25, -0.2) is 13.8 Å². The molecule has 0 unspecified atom stereocenters. The third-order valence-corrected chi connectivity index (χ3v) is 1.62. The Bertz CT molecular complexity index is 315. The van der Waals surface area contributed by atoms with Crippen molar-refractivity contribution >= 4 is 0 Å². The summed E-state index contributed by atoms with van der Waals surface area (Å²) >= 11 is 0. The Morgan fingerprint density at radius 2 is 2.08 bits per heavy atom. The highest BCUT2D eigenvalue weighted by molar-refractivity contribution is 5.36. The van der Waals surface area contributed by atoms with Crippen molar-refractivity contribution in [3.05, 3.63) is 23.3 Å². The van der Waals surface area contributed by atoms with Crippen molar-refractivity contribution in [3.63, 3.8) is 0 Å². The van der Waals surface area contributed by atoms with Crippen molar-refractivity contribution < 1.29 is 17.9 Å². The largest absolute Gasteiger partial charge is 0.496 e. The van der Waals surface area contributed by atoms with E-state index in [1.807, 2.05) is 0 Å². The minimum atomic E-state index is -2.71. The fourth-order valence-corrected chi connectivity index (χ4v) is 1.05. The Kier molecular flexibility index (Phi) is 2.75. The first kappa shape index (κ1) is 9.83. The molecular weight excluding hydrogens is 183 g/mol. The van der Waals surface area contributed by atoms with Crippen LogP contribution in [0.1, 0.15) is 17.7 Å². The predicted molar refractivity (Wildman–Crippen MR) is 40.4 cm³/mol. The average molecular weight is 191 g/mol. The second-order valence-electron chi connectivity index (χ2n) is 2.45. The second kappa shape index (κ2) is 3.64. The normalized spacial score (nSPS) is 10.6. The van der Waals surface area contributed by atoms with E-state index in [4.69, 9.17) is 0 Å². The van der Waals surface area contributed by atoms with Gasteiger partial charge >= 0.3 is 0 Å². The standard InChI is InChI=1S/C8H8F3NO/c1-4-7(8(10)11)5(13-2)3-6(9)12-4/h3,8H,1-2H3. The Morgan fingerprint density at radius 1 is 1.46 bits per heavy atom. The van der Waals surface area contributed by atoms with Gasteiger partial charge in [0.25, 0.3) is 6.43 Å². The number of ether oxygens (including phenoxy) is 1. The van der Waals surface area contributed by atoms with Crippen LogP contribution in [0, 0.1) is 12.9 Å². The highest BCUT2D eigenvalue weighted by Crippen LogP contribution is 2.30. The molecule has 0 bridgehead atoms. The molecular formula is C8H8F3NO. The smallest absolute Gasteiger partial charge is 0.269 e. The number of rotatable bonds is 2. The molecule has 1 aromatic heterocycles. The van der Waals surface area contributed by atoms with Gasteiger partial charge in [-0.2, -0.15) is 4.39 Å². The molecule has 0 saturated carbocycles. The number of halogens is 3. The van der Waals surface area contributed by atoms with Gasteiger partial charge in [0, 0.05) is 6.07 Å². The molecule has 1 heterocycles. The van der Waals surface area contributed by atoms with Crippen molar-refractivity contribution in [3.8, 4) is 5.75 Å². The molecule has 2 nitrogen and oxygen atoms in total. The van der Waals surface area contributed by atoms with E-state index < -0.39 is 12.4 Å². The van der Waals surface area contributed by atoms with E-state index >= 15 is 0 Å². The van der Waals surface area contributed by atoms with Crippen LogP contribution < -0.4 is 4.74 Å². The number of hydrogen-bond acceptors (Lipinski definition) is 2. The van der Waals surface area contributed by atoms with Crippen LogP contribution in [0.5, 0.6) is 5.75 Å². The first-order valence-electron chi connectivity index (χ1n) is 3.55. The quantitative estimate of drug-likeness (QED) is 0.670. The van der Waals surface area contributed by atoms with E-state index in [1.165, 1.54) is 14.0 Å². The molecule has 0 spiro atoms. The molecule has 13 heavy (non-hydrogen) atoms. The van der Waals surface area contributed by atoms with E-state index in [0.717, 1.165) is 6.07 Å². The van der Waals surface area contributed by atoms with E-state index in [1.54, 1.807) is 0 Å². The highest BCUT2D eigenvalue weighted by Gasteiger charge is 2.18. The Morgan fingerprint density at radius 3 is 2.54 bits per heavy atom. The molecule has 0 aliphatic rings. The molecule has 0 atom stereocenters. The van der Waals surface area contributed by atoms with Gasteiger partial charge in [0.1, 0.15) is 5.75 Å². The van der Waals surface area contributed by atoms with Gasteiger partial charge in [0.15, 0.2) is 0 Å². The molecule has 0 N–H and O–H groups in total. The summed E-state index contributed by atoms with van der Waals surface area (Å²) in [6.45, 7) is 1.31. The summed E-state index contributed by atoms with van der Waals surface area (Å²) in [7, 11) is 1.21. The van der Waals surface area contributed by atoms with Crippen molar-refractivity contribution in [2.24, 2.45) is 0 Å². The van der Waals surface area contributed by atoms with Gasteiger partial charge in [-0.3, -0.25) is 0 Å². The van der Waals surface area contributed by atoms with Crippen LogP contribution in [-0.4, -0.2) is 12.1 Å². The van der Waals surface area contributed by atoms with Gasteiger partial charge < -0.3 is 4.74 Å². The minimum Gasteiger partial charge on any atom is -0.496 e. The number of alkyl halides is 2. The van der Waals surface area contributed by atoms with Crippen LogP contribution in [0.25, 0.3) is 0 Å². The topological polar surface area (TPSA) is 22.1 Å². The maximum Gasteiger partial charge on any atom is 0.269 e. The maximum absolute atomic E-state index is 12.6. The number of aryl methyl sites for hydroxylation is 1. The number of aromatic nitrogens is 1. The molecule has 0 saturated heterocycles. The first-order chi connectivity index (χ1) is 6.06. The molecule has 72 valence electrons. The van der Waals surface area contributed by atoms with Gasteiger partial charge in [-0.05, 0) is 6.92 Å². The van der Waals surface area contributed by atoms with Gasteiger partial charge in [-0.15, -0.1) is 0 Å². The van der Waals surface area contributed by atoms with Gasteiger partial charge in [0.2, 0.25) is 5.95 Å². The molecule has 1 rings (SSSR count).